The maximum atomic E-state index is 12.8. The zero-order valence-electron chi connectivity index (χ0n) is 8.98. The maximum absolute atomic E-state index is 12.8. The Morgan fingerprint density at radius 1 is 1.28 bits per heavy atom. The van der Waals surface area contributed by atoms with E-state index in [2.05, 4.69) is 4.98 Å². The summed E-state index contributed by atoms with van der Waals surface area (Å²) in [7, 11) is 0. The van der Waals surface area contributed by atoms with Crippen molar-refractivity contribution in [1.29, 1.82) is 0 Å². The SMILES string of the molecule is NC(=S)c1cn(-c2ccccc2C(F)(F)F)cn1. The quantitative estimate of drug-likeness (QED) is 0.854. The van der Waals surface area contributed by atoms with Crippen molar-refractivity contribution in [1.82, 2.24) is 9.55 Å². The summed E-state index contributed by atoms with van der Waals surface area (Å²) in [6.45, 7) is 0. The number of nitrogens with two attached hydrogens (primary N) is 1. The Morgan fingerprint density at radius 3 is 2.50 bits per heavy atom. The van der Waals surface area contributed by atoms with Gasteiger partial charge in [0.05, 0.1) is 11.3 Å². The van der Waals surface area contributed by atoms with Crippen molar-refractivity contribution in [2.45, 2.75) is 6.18 Å². The van der Waals surface area contributed by atoms with Gasteiger partial charge in [-0.2, -0.15) is 13.2 Å². The van der Waals surface area contributed by atoms with Crippen LogP contribution in [0.15, 0.2) is 36.8 Å². The van der Waals surface area contributed by atoms with Gasteiger partial charge in [0, 0.05) is 6.20 Å². The van der Waals surface area contributed by atoms with Gasteiger partial charge in [-0.1, -0.05) is 24.4 Å². The minimum atomic E-state index is -4.43. The van der Waals surface area contributed by atoms with Crippen LogP contribution in [0.3, 0.4) is 0 Å². The number of aromatic nitrogens is 2. The Kier molecular flexibility index (Phi) is 3.08. The zero-order valence-corrected chi connectivity index (χ0v) is 9.79. The number of halogens is 3. The molecule has 1 heterocycles. The fraction of sp³-hybridized carbons (Fsp3) is 0.0909. The second kappa shape index (κ2) is 4.41. The first-order valence-corrected chi connectivity index (χ1v) is 5.31. The molecule has 0 bridgehead atoms. The number of benzene rings is 1. The average molecular weight is 271 g/mol. The standard InChI is InChI=1S/C11H8F3N3S/c12-11(13,14)7-3-1-2-4-9(7)17-5-8(10(15)18)16-6-17/h1-6H,(H2,15,18). The van der Waals surface area contributed by atoms with Crippen LogP contribution in [0.4, 0.5) is 13.2 Å². The van der Waals surface area contributed by atoms with Crippen molar-refractivity contribution >= 4 is 17.2 Å². The van der Waals surface area contributed by atoms with Crippen LogP contribution in [-0.2, 0) is 6.18 Å². The first-order valence-electron chi connectivity index (χ1n) is 4.90. The molecule has 0 unspecified atom stereocenters. The Balaban J connectivity index is 2.53. The lowest BCUT2D eigenvalue weighted by Gasteiger charge is -2.12. The predicted molar refractivity (Wildman–Crippen MR) is 64.5 cm³/mol. The predicted octanol–water partition coefficient (Wildman–Crippen LogP) is 2.53. The number of para-hydroxylation sites is 1. The Labute approximate surface area is 106 Å². The van der Waals surface area contributed by atoms with Crippen molar-refractivity contribution in [3.8, 4) is 5.69 Å². The summed E-state index contributed by atoms with van der Waals surface area (Å²) in [6, 6.07) is 5.21. The highest BCUT2D eigenvalue weighted by Crippen LogP contribution is 2.33. The molecule has 2 N–H and O–H groups in total. The van der Waals surface area contributed by atoms with Gasteiger partial charge in [-0.25, -0.2) is 4.98 Å². The molecule has 0 fully saturated rings. The lowest BCUT2D eigenvalue weighted by atomic mass is 10.1. The van der Waals surface area contributed by atoms with Crippen molar-refractivity contribution in [3.05, 3.63) is 48.0 Å². The van der Waals surface area contributed by atoms with E-state index in [1.807, 2.05) is 0 Å². The van der Waals surface area contributed by atoms with Crippen molar-refractivity contribution in [2.24, 2.45) is 5.73 Å². The van der Waals surface area contributed by atoms with Crippen LogP contribution in [0, 0.1) is 0 Å². The highest BCUT2D eigenvalue weighted by molar-refractivity contribution is 7.80. The molecule has 0 aliphatic rings. The molecule has 0 radical (unpaired) electrons. The van der Waals surface area contributed by atoms with E-state index in [0.717, 1.165) is 6.07 Å². The molecular weight excluding hydrogens is 263 g/mol. The number of nitrogens with zero attached hydrogens (tertiary/aromatic N) is 2. The number of rotatable bonds is 2. The molecule has 1 aromatic carbocycles. The molecule has 0 aliphatic heterocycles. The average Bonchev–Trinajstić information content (AvgIpc) is 2.77. The number of thiocarbonyl (C=S) groups is 1. The van der Waals surface area contributed by atoms with Crippen molar-refractivity contribution in [3.63, 3.8) is 0 Å². The number of imidazole rings is 1. The smallest absolute Gasteiger partial charge is 0.388 e. The molecule has 94 valence electrons. The first kappa shape index (κ1) is 12.6. The van der Waals surface area contributed by atoms with Gasteiger partial charge in [0.2, 0.25) is 0 Å². The maximum Gasteiger partial charge on any atom is 0.418 e. The monoisotopic (exact) mass is 271 g/mol. The van der Waals surface area contributed by atoms with Gasteiger partial charge in [0.25, 0.3) is 0 Å². The summed E-state index contributed by atoms with van der Waals surface area (Å²) in [5.41, 5.74) is 4.89. The molecule has 0 amide bonds. The summed E-state index contributed by atoms with van der Waals surface area (Å²) in [5, 5.41) is 0. The van der Waals surface area contributed by atoms with Gasteiger partial charge in [0.15, 0.2) is 0 Å². The number of hydrogen-bond acceptors (Lipinski definition) is 2. The topological polar surface area (TPSA) is 43.8 Å². The van der Waals surface area contributed by atoms with E-state index >= 15 is 0 Å². The molecule has 3 nitrogen and oxygen atoms in total. The largest absolute Gasteiger partial charge is 0.418 e. The van der Waals surface area contributed by atoms with Crippen LogP contribution >= 0.6 is 12.2 Å². The van der Waals surface area contributed by atoms with Gasteiger partial charge in [-0.3, -0.25) is 0 Å². The lowest BCUT2D eigenvalue weighted by Crippen LogP contribution is -2.11. The minimum absolute atomic E-state index is 0.0139. The normalized spacial score (nSPS) is 11.5. The van der Waals surface area contributed by atoms with E-state index in [0.29, 0.717) is 0 Å². The third-order valence-corrected chi connectivity index (χ3v) is 2.53. The second-order valence-corrected chi connectivity index (χ2v) is 3.99. The van der Waals surface area contributed by atoms with Gasteiger partial charge < -0.3 is 10.3 Å². The third-order valence-electron chi connectivity index (χ3n) is 2.32. The van der Waals surface area contributed by atoms with Crippen LogP contribution in [0.25, 0.3) is 5.69 Å². The fourth-order valence-corrected chi connectivity index (χ4v) is 1.63. The van der Waals surface area contributed by atoms with E-state index in [1.54, 1.807) is 0 Å². The molecule has 2 aromatic rings. The van der Waals surface area contributed by atoms with E-state index in [1.165, 1.54) is 35.3 Å². The van der Waals surface area contributed by atoms with E-state index in [9.17, 15) is 13.2 Å². The van der Waals surface area contributed by atoms with Crippen LogP contribution in [0.2, 0.25) is 0 Å². The fourth-order valence-electron chi connectivity index (χ4n) is 1.52. The van der Waals surface area contributed by atoms with Crippen LogP contribution in [-0.4, -0.2) is 14.5 Å². The molecule has 0 saturated carbocycles. The molecule has 0 aliphatic carbocycles. The molecule has 18 heavy (non-hydrogen) atoms. The molecule has 7 heteroatoms. The van der Waals surface area contributed by atoms with Gasteiger partial charge in [0.1, 0.15) is 17.0 Å². The van der Waals surface area contributed by atoms with E-state index in [-0.39, 0.29) is 16.4 Å². The zero-order chi connectivity index (χ0) is 13.3. The van der Waals surface area contributed by atoms with E-state index in [4.69, 9.17) is 18.0 Å². The van der Waals surface area contributed by atoms with Gasteiger partial charge in [-0.05, 0) is 12.1 Å². The molecular formula is C11H8F3N3S. The Hall–Kier alpha value is -1.89. The highest BCUT2D eigenvalue weighted by Gasteiger charge is 2.33. The summed E-state index contributed by atoms with van der Waals surface area (Å²) in [6.07, 6.45) is -1.81. The van der Waals surface area contributed by atoms with Crippen LogP contribution in [0.1, 0.15) is 11.3 Å². The number of hydrogen-bond donors (Lipinski definition) is 1. The minimum Gasteiger partial charge on any atom is -0.388 e. The summed E-state index contributed by atoms with van der Waals surface area (Å²) >= 11 is 4.71. The Bertz CT molecular complexity index is 589. The van der Waals surface area contributed by atoms with Crippen LogP contribution < -0.4 is 5.73 Å². The summed E-state index contributed by atoms with van der Waals surface area (Å²) < 4.78 is 39.7. The summed E-state index contributed by atoms with van der Waals surface area (Å²) in [4.78, 5) is 3.88. The van der Waals surface area contributed by atoms with Crippen molar-refractivity contribution < 1.29 is 13.2 Å². The lowest BCUT2D eigenvalue weighted by molar-refractivity contribution is -0.137. The summed E-state index contributed by atoms with van der Waals surface area (Å²) in [5.74, 6) is 0. The second-order valence-electron chi connectivity index (χ2n) is 3.55. The van der Waals surface area contributed by atoms with Crippen molar-refractivity contribution in [2.75, 3.05) is 0 Å². The van der Waals surface area contributed by atoms with Gasteiger partial charge >= 0.3 is 6.18 Å². The molecule has 0 spiro atoms. The van der Waals surface area contributed by atoms with Crippen LogP contribution in [0.5, 0.6) is 0 Å². The Morgan fingerprint density at radius 2 is 1.94 bits per heavy atom. The molecule has 0 atom stereocenters. The molecule has 1 aromatic heterocycles. The molecule has 0 saturated heterocycles. The van der Waals surface area contributed by atoms with E-state index < -0.39 is 11.7 Å². The van der Waals surface area contributed by atoms with Gasteiger partial charge in [-0.15, -0.1) is 0 Å². The third kappa shape index (κ3) is 2.35. The highest BCUT2D eigenvalue weighted by atomic mass is 32.1. The molecule has 2 rings (SSSR count). The number of alkyl halides is 3. The first-order chi connectivity index (χ1) is 8.39.